The Balaban J connectivity index is 1.64. The quantitative estimate of drug-likeness (QED) is 0.768. The number of rotatable bonds is 3. The van der Waals surface area contributed by atoms with Crippen LogP contribution in [0, 0.1) is 0 Å². The van der Waals surface area contributed by atoms with Crippen LogP contribution in [0.2, 0.25) is 0 Å². The largest absolute Gasteiger partial charge is 0.416 e. The monoisotopic (exact) mass is 372 g/mol. The summed E-state index contributed by atoms with van der Waals surface area (Å²) in [5.41, 5.74) is 2.00. The molecule has 8 heteroatoms. The lowest BCUT2D eigenvalue weighted by Crippen LogP contribution is -2.32. The SMILES string of the molecule is O=C1NCCc2c1cnn2-c1cc(Cc2cccc(C(F)(F)F)c2)ccn1. The number of fused-ring (bicyclic) bond motifs is 1. The van der Waals surface area contributed by atoms with Crippen molar-refractivity contribution in [1.29, 1.82) is 0 Å². The predicted octanol–water partition coefficient (Wildman–Crippen LogP) is 3.16. The average Bonchev–Trinajstić information content (AvgIpc) is 3.07. The molecule has 3 aromatic rings. The highest BCUT2D eigenvalue weighted by Gasteiger charge is 2.30. The van der Waals surface area contributed by atoms with Crippen LogP contribution >= 0.6 is 0 Å². The molecule has 0 saturated heterocycles. The number of alkyl halides is 3. The summed E-state index contributed by atoms with van der Waals surface area (Å²) in [6, 6.07) is 8.81. The molecule has 4 rings (SSSR count). The van der Waals surface area contributed by atoms with Gasteiger partial charge in [0, 0.05) is 19.2 Å². The van der Waals surface area contributed by atoms with E-state index in [0.717, 1.165) is 23.4 Å². The Morgan fingerprint density at radius 3 is 2.78 bits per heavy atom. The van der Waals surface area contributed by atoms with Gasteiger partial charge in [0.25, 0.3) is 5.91 Å². The van der Waals surface area contributed by atoms with Crippen molar-refractivity contribution in [2.24, 2.45) is 0 Å². The van der Waals surface area contributed by atoms with Crippen molar-refractivity contribution < 1.29 is 18.0 Å². The number of hydrogen-bond donors (Lipinski definition) is 1. The highest BCUT2D eigenvalue weighted by atomic mass is 19.4. The molecule has 1 aliphatic rings. The van der Waals surface area contributed by atoms with Gasteiger partial charge < -0.3 is 5.32 Å². The van der Waals surface area contributed by atoms with Crippen LogP contribution in [0.25, 0.3) is 5.82 Å². The van der Waals surface area contributed by atoms with Gasteiger partial charge in [0.05, 0.1) is 23.0 Å². The van der Waals surface area contributed by atoms with E-state index in [1.807, 2.05) is 0 Å². The number of hydrogen-bond acceptors (Lipinski definition) is 3. The van der Waals surface area contributed by atoms with Gasteiger partial charge in [0.15, 0.2) is 5.82 Å². The molecule has 1 aromatic carbocycles. The van der Waals surface area contributed by atoms with Gasteiger partial charge in [-0.25, -0.2) is 9.67 Å². The molecule has 3 heterocycles. The number of pyridine rings is 1. The van der Waals surface area contributed by atoms with Crippen molar-refractivity contribution in [2.45, 2.75) is 19.0 Å². The average molecular weight is 372 g/mol. The van der Waals surface area contributed by atoms with E-state index < -0.39 is 11.7 Å². The molecule has 0 radical (unpaired) electrons. The van der Waals surface area contributed by atoms with Crippen LogP contribution in [-0.2, 0) is 19.0 Å². The highest BCUT2D eigenvalue weighted by Crippen LogP contribution is 2.30. The Kier molecular flexibility index (Phi) is 4.18. The maximum absolute atomic E-state index is 12.9. The van der Waals surface area contributed by atoms with E-state index in [0.29, 0.717) is 36.3 Å². The Morgan fingerprint density at radius 1 is 1.15 bits per heavy atom. The van der Waals surface area contributed by atoms with Crippen LogP contribution in [0.4, 0.5) is 13.2 Å². The highest BCUT2D eigenvalue weighted by molar-refractivity contribution is 5.96. The first kappa shape index (κ1) is 17.3. The summed E-state index contributed by atoms with van der Waals surface area (Å²) in [5, 5.41) is 7.02. The second-order valence-corrected chi connectivity index (χ2v) is 6.32. The molecule has 0 fully saturated rings. The van der Waals surface area contributed by atoms with Gasteiger partial charge in [0.2, 0.25) is 0 Å². The molecule has 1 aliphatic heterocycles. The van der Waals surface area contributed by atoms with Gasteiger partial charge in [-0.05, 0) is 35.7 Å². The minimum atomic E-state index is -4.37. The third kappa shape index (κ3) is 3.42. The molecule has 0 spiro atoms. The lowest BCUT2D eigenvalue weighted by molar-refractivity contribution is -0.137. The van der Waals surface area contributed by atoms with Crippen molar-refractivity contribution >= 4 is 5.91 Å². The van der Waals surface area contributed by atoms with Crippen LogP contribution < -0.4 is 5.32 Å². The van der Waals surface area contributed by atoms with Crippen LogP contribution in [0.3, 0.4) is 0 Å². The normalized spacial score (nSPS) is 14.0. The minimum Gasteiger partial charge on any atom is -0.352 e. The second kappa shape index (κ2) is 6.53. The standard InChI is InChI=1S/C19H15F3N4O/c20-19(21,22)14-3-1-2-12(9-14)8-13-4-6-23-17(10-13)26-16-5-7-24-18(27)15(16)11-25-26/h1-4,6,9-11H,5,7-8H2,(H,24,27). The number of aromatic nitrogens is 3. The zero-order valence-corrected chi connectivity index (χ0v) is 14.1. The van der Waals surface area contributed by atoms with E-state index in [-0.39, 0.29) is 5.91 Å². The molecular weight excluding hydrogens is 357 g/mol. The van der Waals surface area contributed by atoms with Crippen molar-refractivity contribution in [2.75, 3.05) is 6.54 Å². The first-order valence-corrected chi connectivity index (χ1v) is 8.38. The van der Waals surface area contributed by atoms with Gasteiger partial charge >= 0.3 is 6.18 Å². The molecule has 1 amide bonds. The third-order valence-electron chi connectivity index (χ3n) is 4.45. The summed E-state index contributed by atoms with van der Waals surface area (Å²) in [4.78, 5) is 16.2. The molecule has 5 nitrogen and oxygen atoms in total. The molecule has 0 saturated carbocycles. The summed E-state index contributed by atoms with van der Waals surface area (Å²) in [7, 11) is 0. The summed E-state index contributed by atoms with van der Waals surface area (Å²) in [6.07, 6.45) is -0.293. The molecule has 0 bridgehead atoms. The zero-order chi connectivity index (χ0) is 19.0. The van der Waals surface area contributed by atoms with Crippen molar-refractivity contribution in [3.05, 3.63) is 76.7 Å². The van der Waals surface area contributed by atoms with E-state index in [4.69, 9.17) is 0 Å². The Morgan fingerprint density at radius 2 is 1.96 bits per heavy atom. The minimum absolute atomic E-state index is 0.164. The van der Waals surface area contributed by atoms with Crippen LogP contribution in [0.1, 0.15) is 32.7 Å². The molecule has 1 N–H and O–H groups in total. The smallest absolute Gasteiger partial charge is 0.352 e. The molecule has 2 aromatic heterocycles. The van der Waals surface area contributed by atoms with Crippen molar-refractivity contribution in [3.63, 3.8) is 0 Å². The fourth-order valence-electron chi connectivity index (χ4n) is 3.17. The Labute approximate surface area is 152 Å². The number of carbonyl (C=O) groups is 1. The second-order valence-electron chi connectivity index (χ2n) is 6.32. The number of benzene rings is 1. The van der Waals surface area contributed by atoms with Gasteiger partial charge in [-0.1, -0.05) is 18.2 Å². The summed E-state index contributed by atoms with van der Waals surface area (Å²) >= 11 is 0. The molecule has 0 unspecified atom stereocenters. The first-order chi connectivity index (χ1) is 12.9. The molecule has 0 aliphatic carbocycles. The lowest BCUT2D eigenvalue weighted by atomic mass is 10.0. The van der Waals surface area contributed by atoms with E-state index in [2.05, 4.69) is 15.4 Å². The van der Waals surface area contributed by atoms with Gasteiger partial charge in [-0.15, -0.1) is 0 Å². The topological polar surface area (TPSA) is 59.8 Å². The predicted molar refractivity (Wildman–Crippen MR) is 91.6 cm³/mol. The van der Waals surface area contributed by atoms with Gasteiger partial charge in [-0.2, -0.15) is 18.3 Å². The van der Waals surface area contributed by atoms with Crippen molar-refractivity contribution in [3.8, 4) is 5.82 Å². The van der Waals surface area contributed by atoms with E-state index >= 15 is 0 Å². The first-order valence-electron chi connectivity index (χ1n) is 8.38. The number of halogens is 3. The molecular formula is C19H15F3N4O. The molecule has 138 valence electrons. The fourth-order valence-corrected chi connectivity index (χ4v) is 3.17. The van der Waals surface area contributed by atoms with Crippen LogP contribution in [-0.4, -0.2) is 27.2 Å². The van der Waals surface area contributed by atoms with Gasteiger partial charge in [0.1, 0.15) is 0 Å². The lowest BCUT2D eigenvalue weighted by Gasteiger charge is -2.14. The van der Waals surface area contributed by atoms with Crippen LogP contribution in [0.5, 0.6) is 0 Å². The van der Waals surface area contributed by atoms with E-state index in [1.165, 1.54) is 12.3 Å². The number of nitrogens with zero attached hydrogens (tertiary/aromatic N) is 3. The summed E-state index contributed by atoms with van der Waals surface area (Å²) in [6.45, 7) is 0.529. The molecule has 0 atom stereocenters. The Bertz CT molecular complexity index is 1010. The maximum Gasteiger partial charge on any atom is 0.416 e. The zero-order valence-electron chi connectivity index (χ0n) is 14.1. The fraction of sp³-hybridized carbons (Fsp3) is 0.211. The number of nitrogens with one attached hydrogen (secondary N) is 1. The van der Waals surface area contributed by atoms with Gasteiger partial charge in [-0.3, -0.25) is 4.79 Å². The summed E-state index contributed by atoms with van der Waals surface area (Å²) < 4.78 is 40.3. The van der Waals surface area contributed by atoms with Crippen molar-refractivity contribution in [1.82, 2.24) is 20.1 Å². The summed E-state index contributed by atoms with van der Waals surface area (Å²) in [5.74, 6) is 0.373. The number of carbonyl (C=O) groups excluding carboxylic acids is 1. The maximum atomic E-state index is 12.9. The third-order valence-corrected chi connectivity index (χ3v) is 4.45. The van der Waals surface area contributed by atoms with E-state index in [9.17, 15) is 18.0 Å². The molecule has 27 heavy (non-hydrogen) atoms. The Hall–Kier alpha value is -3.16. The van der Waals surface area contributed by atoms with E-state index in [1.54, 1.807) is 29.1 Å². The number of amides is 1. The van der Waals surface area contributed by atoms with Crippen LogP contribution in [0.15, 0.2) is 48.8 Å².